The average Bonchev–Trinajstić information content (AvgIpc) is 2.86. The van der Waals surface area contributed by atoms with Crippen LogP contribution in [0.2, 0.25) is 0 Å². The molecule has 0 saturated heterocycles. The molecule has 0 atom stereocenters. The third-order valence-electron chi connectivity index (χ3n) is 4.11. The number of rotatable bonds is 0. The van der Waals surface area contributed by atoms with Gasteiger partial charge in [-0.05, 0) is 5.39 Å². The van der Waals surface area contributed by atoms with E-state index in [1.807, 2.05) is 18.2 Å². The molecule has 2 heterocycles. The summed E-state index contributed by atoms with van der Waals surface area (Å²) in [6.45, 7) is 0. The lowest BCUT2D eigenvalue weighted by molar-refractivity contribution is 0.955. The molecule has 0 bridgehead atoms. The van der Waals surface area contributed by atoms with Crippen molar-refractivity contribution in [3.05, 3.63) is 41.9 Å². The van der Waals surface area contributed by atoms with Crippen LogP contribution in [0.25, 0.3) is 43.6 Å². The number of H-pyrrole nitrogens is 1. The number of aromatic nitrogens is 4. The van der Waals surface area contributed by atoms with Crippen LogP contribution in [0.1, 0.15) is 0 Å². The Balaban J connectivity index is 2.18. The maximum Gasteiger partial charge on any atom is 0.195 e. The zero-order valence-corrected chi connectivity index (χ0v) is 11.4. The first-order chi connectivity index (χ1) is 10.7. The standard InChI is InChI=1S/C16H10N6/c17-15-13-14(16(18)22-21-15)20-12-9-6-2-4-7-3-1-5-8(10(7)9)11(12)19-13/h1-6,17,20H,18H2. The molecule has 0 amide bonds. The van der Waals surface area contributed by atoms with Gasteiger partial charge in [-0.25, -0.2) is 4.98 Å². The van der Waals surface area contributed by atoms with E-state index in [4.69, 9.17) is 11.1 Å². The number of nitrogens with two attached hydrogens (primary N) is 1. The minimum Gasteiger partial charge on any atom is -0.380 e. The first kappa shape index (κ1) is 11.4. The van der Waals surface area contributed by atoms with Gasteiger partial charge < -0.3 is 10.7 Å². The van der Waals surface area contributed by atoms with E-state index < -0.39 is 0 Å². The molecular formula is C16H10N6. The van der Waals surface area contributed by atoms with Crippen molar-refractivity contribution in [2.24, 2.45) is 0 Å². The highest BCUT2D eigenvalue weighted by molar-refractivity contribution is 6.28. The molecule has 0 aliphatic carbocycles. The van der Waals surface area contributed by atoms with Crippen LogP contribution in [0.5, 0.6) is 0 Å². The molecule has 2 aromatic heterocycles. The summed E-state index contributed by atoms with van der Waals surface area (Å²) in [7, 11) is 0. The topological polar surface area (TPSA) is 104 Å². The predicted octanol–water partition coefficient (Wildman–Crippen LogP) is 2.31. The summed E-state index contributed by atoms with van der Waals surface area (Å²) in [5.41, 5.74) is 8.66. The van der Waals surface area contributed by atoms with E-state index in [1.54, 1.807) is 0 Å². The van der Waals surface area contributed by atoms with Crippen molar-refractivity contribution >= 4 is 49.4 Å². The third kappa shape index (κ3) is 1.24. The van der Waals surface area contributed by atoms with E-state index in [2.05, 4.69) is 38.4 Å². The molecule has 0 aliphatic heterocycles. The van der Waals surface area contributed by atoms with Crippen LogP contribution >= 0.6 is 0 Å². The smallest absolute Gasteiger partial charge is 0.195 e. The van der Waals surface area contributed by atoms with Gasteiger partial charge in [-0.3, -0.25) is 5.41 Å². The van der Waals surface area contributed by atoms with Crippen LogP contribution in [-0.4, -0.2) is 20.2 Å². The quantitative estimate of drug-likeness (QED) is 0.406. The summed E-state index contributed by atoms with van der Waals surface area (Å²) in [5.74, 6) is 0.254. The summed E-state index contributed by atoms with van der Waals surface area (Å²) in [4.78, 5) is 7.97. The van der Waals surface area contributed by atoms with Gasteiger partial charge in [0, 0.05) is 16.2 Å². The molecule has 0 radical (unpaired) electrons. The fourth-order valence-corrected chi connectivity index (χ4v) is 3.16. The predicted molar refractivity (Wildman–Crippen MR) is 85.7 cm³/mol. The normalized spacial score (nSPS) is 12.0. The van der Waals surface area contributed by atoms with Crippen LogP contribution in [0, 0.1) is 5.41 Å². The molecule has 3 aromatic carbocycles. The Kier molecular flexibility index (Phi) is 1.90. The molecule has 0 unspecified atom stereocenters. The molecule has 0 spiro atoms. The van der Waals surface area contributed by atoms with Crippen LogP contribution in [0.15, 0.2) is 36.4 Å². The van der Waals surface area contributed by atoms with E-state index in [-0.39, 0.29) is 11.3 Å². The number of aromatic amines is 1. The molecular weight excluding hydrogens is 276 g/mol. The molecule has 6 nitrogen and oxygen atoms in total. The SMILES string of the molecule is N=c1nnc(N)c2[nH]c3c4cccc5cccc(c3nc12)c54. The monoisotopic (exact) mass is 286 g/mol. The first-order valence-electron chi connectivity index (χ1n) is 6.87. The van der Waals surface area contributed by atoms with Crippen molar-refractivity contribution < 1.29 is 0 Å². The molecule has 104 valence electrons. The van der Waals surface area contributed by atoms with Crippen molar-refractivity contribution in [3.63, 3.8) is 0 Å². The Labute approximate surface area is 123 Å². The molecule has 5 rings (SSSR count). The zero-order valence-electron chi connectivity index (χ0n) is 11.4. The lowest BCUT2D eigenvalue weighted by atomic mass is 10.1. The zero-order chi connectivity index (χ0) is 14.8. The number of anilines is 1. The molecule has 0 fully saturated rings. The number of benzene rings is 2. The summed E-state index contributed by atoms with van der Waals surface area (Å²) in [5, 5.41) is 20.0. The van der Waals surface area contributed by atoms with Crippen LogP contribution in [0.4, 0.5) is 5.82 Å². The maximum absolute atomic E-state index is 7.92. The van der Waals surface area contributed by atoms with Crippen LogP contribution in [0.3, 0.4) is 0 Å². The summed E-state index contributed by atoms with van der Waals surface area (Å²) in [6.07, 6.45) is 0. The van der Waals surface area contributed by atoms with Gasteiger partial charge in [-0.2, -0.15) is 0 Å². The Morgan fingerprint density at radius 1 is 0.909 bits per heavy atom. The first-order valence-corrected chi connectivity index (χ1v) is 6.87. The molecule has 0 saturated carbocycles. The van der Waals surface area contributed by atoms with Crippen molar-refractivity contribution in [2.45, 2.75) is 0 Å². The van der Waals surface area contributed by atoms with Gasteiger partial charge in [0.05, 0.1) is 11.0 Å². The summed E-state index contributed by atoms with van der Waals surface area (Å²) >= 11 is 0. The van der Waals surface area contributed by atoms with Gasteiger partial charge in [0.2, 0.25) is 0 Å². The number of nitrogens with zero attached hydrogens (tertiary/aromatic N) is 3. The van der Waals surface area contributed by atoms with E-state index in [0.29, 0.717) is 11.0 Å². The van der Waals surface area contributed by atoms with Crippen LogP contribution in [-0.2, 0) is 0 Å². The third-order valence-corrected chi connectivity index (χ3v) is 4.11. The summed E-state index contributed by atoms with van der Waals surface area (Å²) in [6, 6.07) is 12.3. The highest BCUT2D eigenvalue weighted by Gasteiger charge is 2.15. The summed E-state index contributed by atoms with van der Waals surface area (Å²) < 4.78 is 0. The number of nitrogens with one attached hydrogen (secondary N) is 2. The molecule has 22 heavy (non-hydrogen) atoms. The van der Waals surface area contributed by atoms with Crippen molar-refractivity contribution in [2.75, 3.05) is 5.73 Å². The number of fused-ring (bicyclic) bond motifs is 4. The van der Waals surface area contributed by atoms with Gasteiger partial charge in [0.1, 0.15) is 11.0 Å². The van der Waals surface area contributed by atoms with Gasteiger partial charge in [-0.1, -0.05) is 36.4 Å². The van der Waals surface area contributed by atoms with Gasteiger partial charge in [0.15, 0.2) is 11.3 Å². The fraction of sp³-hybridized carbons (Fsp3) is 0. The lowest BCUT2D eigenvalue weighted by Gasteiger charge is -2.01. The van der Waals surface area contributed by atoms with Gasteiger partial charge in [0.25, 0.3) is 0 Å². The second-order valence-corrected chi connectivity index (χ2v) is 5.33. The molecule has 4 N–H and O–H groups in total. The van der Waals surface area contributed by atoms with Gasteiger partial charge in [-0.15, -0.1) is 10.2 Å². The highest BCUT2D eigenvalue weighted by atomic mass is 15.2. The van der Waals surface area contributed by atoms with E-state index >= 15 is 0 Å². The number of hydrogen-bond acceptors (Lipinski definition) is 5. The molecule has 0 aliphatic rings. The van der Waals surface area contributed by atoms with E-state index in [1.165, 1.54) is 10.8 Å². The molecule has 6 heteroatoms. The Morgan fingerprint density at radius 2 is 1.68 bits per heavy atom. The second kappa shape index (κ2) is 3.67. The maximum atomic E-state index is 7.92. The Hall–Kier alpha value is -3.28. The minimum absolute atomic E-state index is 0.0198. The molecule has 5 aromatic rings. The fourth-order valence-electron chi connectivity index (χ4n) is 3.16. The van der Waals surface area contributed by atoms with Gasteiger partial charge >= 0.3 is 0 Å². The van der Waals surface area contributed by atoms with Crippen molar-refractivity contribution in [1.82, 2.24) is 20.2 Å². The minimum atomic E-state index is 0.0198. The van der Waals surface area contributed by atoms with Crippen molar-refractivity contribution in [1.29, 1.82) is 5.41 Å². The van der Waals surface area contributed by atoms with E-state index in [9.17, 15) is 0 Å². The van der Waals surface area contributed by atoms with Crippen LogP contribution < -0.4 is 11.2 Å². The van der Waals surface area contributed by atoms with Crippen molar-refractivity contribution in [3.8, 4) is 0 Å². The largest absolute Gasteiger partial charge is 0.380 e. The number of hydrogen-bond donors (Lipinski definition) is 3. The number of nitrogen functional groups attached to an aromatic ring is 1. The highest BCUT2D eigenvalue weighted by Crippen LogP contribution is 2.36. The second-order valence-electron chi connectivity index (χ2n) is 5.33. The lowest BCUT2D eigenvalue weighted by Crippen LogP contribution is -2.13. The Bertz CT molecular complexity index is 1250. The average molecular weight is 286 g/mol. The Morgan fingerprint density at radius 3 is 2.50 bits per heavy atom. The van der Waals surface area contributed by atoms with E-state index in [0.717, 1.165) is 21.8 Å².